The van der Waals surface area contributed by atoms with Crippen molar-refractivity contribution < 1.29 is 9.53 Å². The summed E-state index contributed by atoms with van der Waals surface area (Å²) in [6.07, 6.45) is 0. The average Bonchev–Trinajstić information content (AvgIpc) is 3.08. The molecule has 1 N–H and O–H groups in total. The molecule has 0 aliphatic heterocycles. The Morgan fingerprint density at radius 2 is 1.92 bits per heavy atom. The first kappa shape index (κ1) is 16.9. The van der Waals surface area contributed by atoms with Crippen LogP contribution < -0.4 is 5.32 Å². The highest BCUT2D eigenvalue weighted by Gasteiger charge is 2.17. The van der Waals surface area contributed by atoms with Gasteiger partial charge in [-0.2, -0.15) is 5.10 Å². The maximum absolute atomic E-state index is 12.6. The molecule has 0 saturated carbocycles. The largest absolute Gasteiger partial charge is 0.383 e. The molecule has 1 amide bonds. The lowest BCUT2D eigenvalue weighted by Crippen LogP contribution is -2.28. The lowest BCUT2D eigenvalue weighted by molar-refractivity contribution is 0.0929. The highest BCUT2D eigenvalue weighted by Crippen LogP contribution is 2.22. The summed E-state index contributed by atoms with van der Waals surface area (Å²) < 4.78 is 6.69. The van der Waals surface area contributed by atoms with Crippen LogP contribution in [0, 0.1) is 6.92 Å². The van der Waals surface area contributed by atoms with Gasteiger partial charge in [0.15, 0.2) is 0 Å². The zero-order chi connectivity index (χ0) is 17.6. The van der Waals surface area contributed by atoms with Crippen LogP contribution in [0.25, 0.3) is 16.9 Å². The van der Waals surface area contributed by atoms with Gasteiger partial charge >= 0.3 is 0 Å². The molecule has 25 heavy (non-hydrogen) atoms. The Kier molecular flexibility index (Phi) is 5.26. The van der Waals surface area contributed by atoms with Crippen molar-refractivity contribution in [1.82, 2.24) is 15.1 Å². The van der Waals surface area contributed by atoms with E-state index >= 15 is 0 Å². The summed E-state index contributed by atoms with van der Waals surface area (Å²) >= 11 is 0. The molecule has 2 aromatic carbocycles. The number of benzene rings is 2. The molecule has 3 aromatic rings. The van der Waals surface area contributed by atoms with Crippen molar-refractivity contribution in [3.05, 3.63) is 71.9 Å². The first-order valence-corrected chi connectivity index (χ1v) is 8.18. The summed E-state index contributed by atoms with van der Waals surface area (Å²) in [5.74, 6) is -0.173. The number of rotatable bonds is 6. The number of nitrogens with zero attached hydrogens (tertiary/aromatic N) is 2. The smallest absolute Gasteiger partial charge is 0.270 e. The van der Waals surface area contributed by atoms with Gasteiger partial charge in [0.25, 0.3) is 5.91 Å². The molecule has 5 heteroatoms. The molecule has 0 atom stereocenters. The fourth-order valence-electron chi connectivity index (χ4n) is 2.61. The van der Waals surface area contributed by atoms with E-state index in [-0.39, 0.29) is 5.91 Å². The van der Waals surface area contributed by atoms with Crippen LogP contribution in [0.2, 0.25) is 0 Å². The van der Waals surface area contributed by atoms with Crippen molar-refractivity contribution in [3.8, 4) is 16.9 Å². The standard InChI is InChI=1S/C20H21N3O2/c1-15-7-6-10-17(13-15)23-19(20(24)21-11-12-25-2)14-18(22-23)16-8-4-3-5-9-16/h3-10,13-14H,11-12H2,1-2H3,(H,21,24). The zero-order valence-electron chi connectivity index (χ0n) is 14.4. The minimum atomic E-state index is -0.173. The summed E-state index contributed by atoms with van der Waals surface area (Å²) in [6, 6.07) is 19.6. The third-order valence-corrected chi connectivity index (χ3v) is 3.85. The summed E-state index contributed by atoms with van der Waals surface area (Å²) in [5, 5.41) is 7.53. The van der Waals surface area contributed by atoms with Gasteiger partial charge in [-0.25, -0.2) is 4.68 Å². The van der Waals surface area contributed by atoms with E-state index in [0.717, 1.165) is 22.5 Å². The average molecular weight is 335 g/mol. The number of hydrogen-bond donors (Lipinski definition) is 1. The van der Waals surface area contributed by atoms with E-state index in [2.05, 4.69) is 10.4 Å². The number of carbonyl (C=O) groups is 1. The van der Waals surface area contributed by atoms with Crippen molar-refractivity contribution in [1.29, 1.82) is 0 Å². The van der Waals surface area contributed by atoms with Crippen LogP contribution in [0.1, 0.15) is 16.1 Å². The number of aryl methyl sites for hydroxylation is 1. The second-order valence-corrected chi connectivity index (χ2v) is 5.78. The Morgan fingerprint density at radius 1 is 1.12 bits per heavy atom. The number of methoxy groups -OCH3 is 1. The maximum Gasteiger partial charge on any atom is 0.270 e. The predicted molar refractivity (Wildman–Crippen MR) is 97.9 cm³/mol. The molecule has 1 heterocycles. The fraction of sp³-hybridized carbons (Fsp3) is 0.200. The molecule has 0 bridgehead atoms. The van der Waals surface area contributed by atoms with Gasteiger partial charge in [-0.05, 0) is 30.7 Å². The number of nitrogens with one attached hydrogen (secondary N) is 1. The highest BCUT2D eigenvalue weighted by molar-refractivity contribution is 5.94. The molecule has 5 nitrogen and oxygen atoms in total. The van der Waals surface area contributed by atoms with Crippen molar-refractivity contribution in [2.24, 2.45) is 0 Å². The number of hydrogen-bond acceptors (Lipinski definition) is 3. The number of amides is 1. The van der Waals surface area contributed by atoms with E-state index in [9.17, 15) is 4.79 Å². The fourth-order valence-corrected chi connectivity index (χ4v) is 2.61. The molecule has 0 aliphatic carbocycles. The van der Waals surface area contributed by atoms with Gasteiger partial charge in [-0.1, -0.05) is 42.5 Å². The molecule has 0 radical (unpaired) electrons. The summed E-state index contributed by atoms with van der Waals surface area (Å²) in [7, 11) is 1.61. The first-order valence-electron chi connectivity index (χ1n) is 8.18. The quantitative estimate of drug-likeness (QED) is 0.704. The Bertz CT molecular complexity index is 856. The van der Waals surface area contributed by atoms with Crippen LogP contribution in [0.5, 0.6) is 0 Å². The second-order valence-electron chi connectivity index (χ2n) is 5.78. The minimum Gasteiger partial charge on any atom is -0.383 e. The van der Waals surface area contributed by atoms with Crippen LogP contribution in [-0.2, 0) is 4.74 Å². The Hall–Kier alpha value is -2.92. The van der Waals surface area contributed by atoms with E-state index in [4.69, 9.17) is 4.74 Å². The number of carbonyl (C=O) groups excluding carboxylic acids is 1. The van der Waals surface area contributed by atoms with E-state index < -0.39 is 0 Å². The second kappa shape index (κ2) is 7.77. The minimum absolute atomic E-state index is 0.173. The van der Waals surface area contributed by atoms with Gasteiger partial charge in [0.2, 0.25) is 0 Å². The molecule has 0 fully saturated rings. The van der Waals surface area contributed by atoms with Crippen molar-refractivity contribution in [2.45, 2.75) is 6.92 Å². The van der Waals surface area contributed by atoms with Crippen molar-refractivity contribution in [2.75, 3.05) is 20.3 Å². The third-order valence-electron chi connectivity index (χ3n) is 3.85. The first-order chi connectivity index (χ1) is 12.2. The molecule has 128 valence electrons. The summed E-state index contributed by atoms with van der Waals surface area (Å²) in [4.78, 5) is 12.6. The van der Waals surface area contributed by atoms with E-state index in [1.54, 1.807) is 11.8 Å². The molecule has 3 rings (SSSR count). The van der Waals surface area contributed by atoms with Gasteiger partial charge in [0.1, 0.15) is 5.69 Å². The van der Waals surface area contributed by atoms with Crippen LogP contribution >= 0.6 is 0 Å². The van der Waals surface area contributed by atoms with Crippen LogP contribution in [0.15, 0.2) is 60.7 Å². The van der Waals surface area contributed by atoms with E-state index in [1.807, 2.05) is 67.6 Å². The van der Waals surface area contributed by atoms with Crippen molar-refractivity contribution >= 4 is 5.91 Å². The van der Waals surface area contributed by atoms with E-state index in [1.165, 1.54) is 0 Å². The molecule has 0 unspecified atom stereocenters. The van der Waals surface area contributed by atoms with E-state index in [0.29, 0.717) is 18.8 Å². The molecular formula is C20H21N3O2. The summed E-state index contributed by atoms with van der Waals surface area (Å²) in [6.45, 7) is 2.94. The van der Waals surface area contributed by atoms with Crippen LogP contribution in [0.3, 0.4) is 0 Å². The normalized spacial score (nSPS) is 10.6. The van der Waals surface area contributed by atoms with Crippen LogP contribution in [-0.4, -0.2) is 35.9 Å². The topological polar surface area (TPSA) is 56.1 Å². The lowest BCUT2D eigenvalue weighted by atomic mass is 10.1. The maximum atomic E-state index is 12.6. The Morgan fingerprint density at radius 3 is 2.64 bits per heavy atom. The summed E-state index contributed by atoms with van der Waals surface area (Å²) in [5.41, 5.74) is 4.21. The van der Waals surface area contributed by atoms with Gasteiger partial charge in [-0.3, -0.25) is 4.79 Å². The molecular weight excluding hydrogens is 314 g/mol. The SMILES string of the molecule is COCCNC(=O)c1cc(-c2ccccc2)nn1-c1cccc(C)c1. The van der Waals surface area contributed by atoms with Crippen LogP contribution in [0.4, 0.5) is 0 Å². The molecule has 0 spiro atoms. The monoisotopic (exact) mass is 335 g/mol. The predicted octanol–water partition coefficient (Wildman–Crippen LogP) is 3.22. The number of ether oxygens (including phenoxy) is 1. The Labute approximate surface area is 147 Å². The van der Waals surface area contributed by atoms with Crippen molar-refractivity contribution in [3.63, 3.8) is 0 Å². The van der Waals surface area contributed by atoms with Gasteiger partial charge in [0, 0.05) is 19.2 Å². The third kappa shape index (κ3) is 3.95. The molecule has 0 saturated heterocycles. The zero-order valence-corrected chi connectivity index (χ0v) is 14.4. The molecule has 1 aromatic heterocycles. The highest BCUT2D eigenvalue weighted by atomic mass is 16.5. The number of aromatic nitrogens is 2. The Balaban J connectivity index is 2.02. The molecule has 0 aliphatic rings. The van der Waals surface area contributed by atoms with Gasteiger partial charge < -0.3 is 10.1 Å². The van der Waals surface area contributed by atoms with Gasteiger partial charge in [-0.15, -0.1) is 0 Å². The lowest BCUT2D eigenvalue weighted by Gasteiger charge is -2.08. The van der Waals surface area contributed by atoms with Gasteiger partial charge in [0.05, 0.1) is 18.0 Å².